The third-order valence-corrected chi connectivity index (χ3v) is 13.5. The van der Waals surface area contributed by atoms with Crippen LogP contribution >= 0.6 is 0 Å². The van der Waals surface area contributed by atoms with Crippen molar-refractivity contribution >= 4 is 107 Å². The Morgan fingerprint density at radius 2 is 0.543 bits per heavy atom. The summed E-state index contributed by atoms with van der Waals surface area (Å²) in [5.74, 6) is -22.3. The van der Waals surface area contributed by atoms with Crippen LogP contribution in [0.2, 0.25) is 0 Å². The first-order valence-electron chi connectivity index (χ1n) is 29.5. The van der Waals surface area contributed by atoms with Gasteiger partial charge in [-0.3, -0.25) is 81.5 Å². The number of carboxylic acids is 4. The van der Waals surface area contributed by atoms with Gasteiger partial charge < -0.3 is 102 Å². The number of carbonyl (C=O) groups excluding carboxylic acids is 14. The molecule has 0 aromatic rings. The van der Waals surface area contributed by atoms with Crippen molar-refractivity contribution in [3.63, 3.8) is 0 Å². The first-order chi connectivity index (χ1) is 42.6. The van der Waals surface area contributed by atoms with E-state index in [0.29, 0.717) is 0 Å². The maximum absolute atomic E-state index is 14.2. The number of nitrogens with two attached hydrogens (primary N) is 5. The molecule has 0 aliphatic carbocycles. The van der Waals surface area contributed by atoms with E-state index in [1.165, 1.54) is 13.8 Å². The molecule has 37 nitrogen and oxygen atoms in total. The molecule has 0 aromatic heterocycles. The molecule has 24 N–H and O–H groups in total. The van der Waals surface area contributed by atoms with E-state index < -0.39 is 275 Å². The van der Waals surface area contributed by atoms with Crippen LogP contribution in [0.4, 0.5) is 0 Å². The lowest BCUT2D eigenvalue weighted by atomic mass is 10.00. The van der Waals surface area contributed by atoms with E-state index in [2.05, 4.69) is 53.2 Å². The summed E-state index contributed by atoms with van der Waals surface area (Å²) in [5.41, 5.74) is 27.2. The normalized spacial score (nSPS) is 14.6. The summed E-state index contributed by atoms with van der Waals surface area (Å²) in [6.07, 6.45) is -8.36. The van der Waals surface area contributed by atoms with Gasteiger partial charge in [-0.05, 0) is 82.5 Å². The van der Waals surface area contributed by atoms with Crippen LogP contribution in [0, 0.1) is 17.8 Å². The molecule has 518 valence electrons. The van der Waals surface area contributed by atoms with Crippen molar-refractivity contribution < 1.29 is 107 Å². The van der Waals surface area contributed by atoms with E-state index in [-0.39, 0.29) is 18.8 Å². The molecular weight excluding hydrogens is 1220 g/mol. The maximum Gasteiger partial charge on any atom is 0.326 e. The molecule has 0 unspecified atom stereocenters. The summed E-state index contributed by atoms with van der Waals surface area (Å²) in [6, 6.07) is -18.1. The molecule has 14 amide bonds. The zero-order valence-corrected chi connectivity index (χ0v) is 52.4. The molecule has 37 heteroatoms. The summed E-state index contributed by atoms with van der Waals surface area (Å²) in [5, 5.41) is 60.9. The van der Waals surface area contributed by atoms with Gasteiger partial charge in [-0.15, -0.1) is 0 Å². The number of rotatable bonds is 47. The minimum Gasteiger partial charge on any atom is -0.481 e. The number of nitrogens with one attached hydrogen (secondary N) is 10. The van der Waals surface area contributed by atoms with Gasteiger partial charge in [-0.1, -0.05) is 41.5 Å². The van der Waals surface area contributed by atoms with Crippen molar-refractivity contribution in [1.29, 1.82) is 0 Å². The van der Waals surface area contributed by atoms with Crippen LogP contribution in [0.15, 0.2) is 0 Å². The Kier molecular flexibility index (Phi) is 37.3. The Morgan fingerprint density at radius 3 is 0.837 bits per heavy atom. The molecule has 0 fully saturated rings. The average Bonchev–Trinajstić information content (AvgIpc) is 1.63. The molecule has 0 saturated heterocycles. The predicted molar refractivity (Wildman–Crippen MR) is 319 cm³/mol. The topological polar surface area (TPSA) is 639 Å². The highest BCUT2D eigenvalue weighted by Crippen LogP contribution is 2.13. The number of hydrogen-bond acceptors (Lipinski definition) is 19. The highest BCUT2D eigenvalue weighted by molar-refractivity contribution is 5.99. The number of carbonyl (C=O) groups is 18. The third-order valence-electron chi connectivity index (χ3n) is 13.5. The lowest BCUT2D eigenvalue weighted by Crippen LogP contribution is -2.61. The van der Waals surface area contributed by atoms with Crippen LogP contribution in [0.5, 0.6) is 0 Å². The first-order valence-corrected chi connectivity index (χ1v) is 29.5. The summed E-state index contributed by atoms with van der Waals surface area (Å²) in [6.45, 7) is 10.7. The van der Waals surface area contributed by atoms with Gasteiger partial charge in [0.05, 0.1) is 6.04 Å². The van der Waals surface area contributed by atoms with Crippen LogP contribution in [0.1, 0.15) is 151 Å². The fraction of sp³-hybridized carbons (Fsp3) is 0.673. The lowest BCUT2D eigenvalue weighted by molar-refractivity contribution is -0.142. The van der Waals surface area contributed by atoms with Gasteiger partial charge >= 0.3 is 23.9 Å². The average molecular weight is 1310 g/mol. The van der Waals surface area contributed by atoms with Crippen molar-refractivity contribution in [2.75, 3.05) is 0 Å². The summed E-state index contributed by atoms with van der Waals surface area (Å²) < 4.78 is 0. The zero-order valence-electron chi connectivity index (χ0n) is 52.4. The molecule has 0 saturated carbocycles. The Hall–Kier alpha value is -9.58. The van der Waals surface area contributed by atoms with E-state index >= 15 is 0 Å². The van der Waals surface area contributed by atoms with Gasteiger partial charge in [0.1, 0.15) is 60.4 Å². The second-order valence-electron chi connectivity index (χ2n) is 23.0. The van der Waals surface area contributed by atoms with Gasteiger partial charge in [-0.25, -0.2) is 4.79 Å². The number of amides is 14. The Labute approximate surface area is 529 Å². The fourth-order valence-corrected chi connectivity index (χ4v) is 8.50. The molecule has 0 aliphatic rings. The van der Waals surface area contributed by atoms with Crippen molar-refractivity contribution in [2.45, 2.75) is 218 Å². The quantitative estimate of drug-likeness (QED) is 0.0269. The third kappa shape index (κ3) is 34.4. The Bertz CT molecular complexity index is 2670. The van der Waals surface area contributed by atoms with Crippen molar-refractivity contribution in [2.24, 2.45) is 46.4 Å². The number of hydrogen-bond donors (Lipinski definition) is 19. The Morgan fingerprint density at radius 1 is 0.293 bits per heavy atom. The lowest BCUT2D eigenvalue weighted by Gasteiger charge is -2.29. The van der Waals surface area contributed by atoms with E-state index in [1.54, 1.807) is 27.7 Å². The van der Waals surface area contributed by atoms with E-state index in [1.807, 2.05) is 0 Å². The van der Waals surface area contributed by atoms with Crippen LogP contribution in [-0.2, 0) is 86.3 Å². The number of aliphatic carboxylic acids is 4. The standard InChI is InChI=1S/C55H91N15O22/c1-24(2)22-28(56)46(82)62-33(13-20-42(77)78)49(85)65-34(14-21-43(79)80)50(86)64-31(10-17-39(59)73)52(88)70-44(26(5)6)54(90)67-30(9-16-38(58)72)48(84)63-29(8-15-37(57)71)51(87)69-36(23-25(3)4)53(89)66-32(12-19-41(75)76)47(83)61-27(7)45(81)68-35(55(91)92)11-18-40(60)74/h24-36,44H,8-23,56H2,1-7H3,(H2,57,71)(H2,58,72)(H2,59,73)(H2,60,74)(H,61,83)(H,62,82)(H,63,84)(H,64,86)(H,65,85)(H,66,89)(H,67,90)(H,68,81)(H,69,87)(H,70,88)(H,75,76)(H,77,78)(H,79,80)(H,91,92)/t27-,28-,29-,30-,31-,32-,33-,34-,35-,36-,44-/m0/s1. The van der Waals surface area contributed by atoms with Crippen LogP contribution < -0.4 is 81.8 Å². The summed E-state index contributed by atoms with van der Waals surface area (Å²) >= 11 is 0. The second kappa shape index (κ2) is 41.7. The van der Waals surface area contributed by atoms with Crippen molar-refractivity contribution in [3.05, 3.63) is 0 Å². The van der Waals surface area contributed by atoms with Crippen LogP contribution in [-0.4, -0.2) is 193 Å². The minimum absolute atomic E-state index is 0.0790. The van der Waals surface area contributed by atoms with Gasteiger partial charge in [0.2, 0.25) is 82.7 Å². The predicted octanol–water partition coefficient (Wildman–Crippen LogP) is -6.33. The van der Waals surface area contributed by atoms with Crippen LogP contribution in [0.25, 0.3) is 0 Å². The van der Waals surface area contributed by atoms with Gasteiger partial charge in [-0.2, -0.15) is 0 Å². The molecule has 0 radical (unpaired) electrons. The first kappa shape index (κ1) is 82.4. The molecule has 0 aliphatic heterocycles. The molecule has 0 aromatic carbocycles. The SMILES string of the molecule is CC(C)C[C@H](NC(=O)[C@H](CCC(N)=O)NC(=O)[C@H](CCC(N)=O)NC(=O)[C@@H](NC(=O)[C@H](CCC(N)=O)NC(=O)[C@H](CCC(=O)O)NC(=O)[C@H](CCC(=O)O)NC(=O)[C@@H](N)CC(C)C)C(C)C)C(=O)N[C@@H](CCC(=O)O)C(=O)N[C@@H](C)C(=O)N[C@@H](CCC(N)=O)C(=O)O. The number of carboxylic acid groups (broad SMARTS) is 4. The van der Waals surface area contributed by atoms with Crippen molar-refractivity contribution in [3.8, 4) is 0 Å². The molecule has 11 atom stereocenters. The Balaban J connectivity index is 7.05. The molecule has 0 rings (SSSR count). The summed E-state index contributed by atoms with van der Waals surface area (Å²) in [7, 11) is 0. The second-order valence-corrected chi connectivity index (χ2v) is 23.0. The molecular formula is C55H91N15O22. The highest BCUT2D eigenvalue weighted by Gasteiger charge is 2.37. The number of primary amides is 4. The maximum atomic E-state index is 14.2. The zero-order chi connectivity index (χ0) is 70.9. The molecule has 92 heavy (non-hydrogen) atoms. The van der Waals surface area contributed by atoms with Gasteiger partial charge in [0.15, 0.2) is 0 Å². The molecule has 0 bridgehead atoms. The van der Waals surface area contributed by atoms with Gasteiger partial charge in [0.25, 0.3) is 0 Å². The van der Waals surface area contributed by atoms with Crippen molar-refractivity contribution in [1.82, 2.24) is 53.2 Å². The highest BCUT2D eigenvalue weighted by atomic mass is 16.4. The summed E-state index contributed by atoms with van der Waals surface area (Å²) in [4.78, 5) is 232. The largest absolute Gasteiger partial charge is 0.481 e. The monoisotopic (exact) mass is 1310 g/mol. The molecule has 0 spiro atoms. The van der Waals surface area contributed by atoms with E-state index in [9.17, 15) is 107 Å². The molecule has 0 heterocycles. The van der Waals surface area contributed by atoms with Gasteiger partial charge in [0, 0.05) is 44.9 Å². The van der Waals surface area contributed by atoms with E-state index in [4.69, 9.17) is 28.7 Å². The van der Waals surface area contributed by atoms with E-state index in [0.717, 1.165) is 6.92 Å². The minimum atomic E-state index is -1.82. The fourth-order valence-electron chi connectivity index (χ4n) is 8.50. The smallest absolute Gasteiger partial charge is 0.326 e. The van der Waals surface area contributed by atoms with Crippen LogP contribution in [0.3, 0.4) is 0 Å².